The monoisotopic (exact) mass is 175 g/mol. The Hall–Kier alpha value is -0.730. The van der Waals surface area contributed by atoms with Crippen molar-refractivity contribution in [3.05, 3.63) is 0 Å². The van der Waals surface area contributed by atoms with Crippen molar-refractivity contribution in [2.24, 2.45) is 0 Å². The molecule has 0 atom stereocenters. The molecule has 0 unspecified atom stereocenters. The molecule has 0 radical (unpaired) electrons. The Morgan fingerprint density at radius 1 is 1.33 bits per heavy atom. The lowest BCUT2D eigenvalue weighted by Gasteiger charge is -2.18. The minimum absolute atomic E-state index is 0.387. The van der Waals surface area contributed by atoms with Gasteiger partial charge < -0.3 is 10.1 Å². The first-order chi connectivity index (χ1) is 5.37. The molecule has 0 aromatic heterocycles. The number of amides is 1. The maximum absolute atomic E-state index is 10.5. The lowest BCUT2D eigenvalue weighted by Crippen LogP contribution is -2.30. The Morgan fingerprint density at radius 2 is 1.67 bits per heavy atom. The SMILES string of the molecule is CCC.CNC(=O)OC(C)(C)C. The topological polar surface area (TPSA) is 38.3 Å². The molecule has 12 heavy (non-hydrogen) atoms. The summed E-state index contributed by atoms with van der Waals surface area (Å²) in [6.07, 6.45) is 0.863. The van der Waals surface area contributed by atoms with Crippen LogP contribution in [0.4, 0.5) is 4.79 Å². The molecule has 0 aliphatic heterocycles. The highest BCUT2D eigenvalue weighted by Crippen LogP contribution is 2.05. The maximum Gasteiger partial charge on any atom is 0.407 e. The molecule has 74 valence electrons. The number of alkyl carbamates (subject to hydrolysis) is 1. The first-order valence-electron chi connectivity index (χ1n) is 4.28. The Kier molecular flexibility index (Phi) is 8.01. The van der Waals surface area contributed by atoms with Gasteiger partial charge in [-0.3, -0.25) is 0 Å². The summed E-state index contributed by atoms with van der Waals surface area (Å²) < 4.78 is 4.84. The molecular weight excluding hydrogens is 154 g/mol. The highest BCUT2D eigenvalue weighted by Gasteiger charge is 2.13. The fraction of sp³-hybridized carbons (Fsp3) is 0.889. The van der Waals surface area contributed by atoms with Gasteiger partial charge in [0, 0.05) is 7.05 Å². The van der Waals surface area contributed by atoms with Crippen LogP contribution in [0.2, 0.25) is 0 Å². The number of ether oxygens (including phenoxy) is 1. The van der Waals surface area contributed by atoms with Crippen LogP contribution in [-0.2, 0) is 4.74 Å². The van der Waals surface area contributed by atoms with Gasteiger partial charge in [0.05, 0.1) is 0 Å². The summed E-state index contributed by atoms with van der Waals surface area (Å²) >= 11 is 0. The van der Waals surface area contributed by atoms with Crippen LogP contribution in [0.15, 0.2) is 0 Å². The van der Waals surface area contributed by atoms with E-state index in [0.717, 1.165) is 0 Å². The van der Waals surface area contributed by atoms with Crippen molar-refractivity contribution >= 4 is 6.09 Å². The lowest BCUT2D eigenvalue weighted by molar-refractivity contribution is 0.0541. The number of hydrogen-bond donors (Lipinski definition) is 1. The second kappa shape index (κ2) is 6.95. The molecule has 3 heteroatoms. The van der Waals surface area contributed by atoms with Crippen molar-refractivity contribution in [2.45, 2.75) is 46.6 Å². The van der Waals surface area contributed by atoms with Crippen LogP contribution in [0.3, 0.4) is 0 Å². The van der Waals surface area contributed by atoms with Crippen LogP contribution in [0.5, 0.6) is 0 Å². The number of hydrogen-bond acceptors (Lipinski definition) is 2. The number of carbonyl (C=O) groups excluding carboxylic acids is 1. The molecule has 0 fully saturated rings. The van der Waals surface area contributed by atoms with Gasteiger partial charge in [-0.05, 0) is 20.8 Å². The molecule has 0 rings (SSSR count). The lowest BCUT2D eigenvalue weighted by atomic mass is 10.2. The second-order valence-electron chi connectivity index (χ2n) is 3.46. The van der Waals surface area contributed by atoms with Crippen molar-refractivity contribution in [1.82, 2.24) is 5.32 Å². The fourth-order valence-electron chi connectivity index (χ4n) is 0.329. The van der Waals surface area contributed by atoms with Gasteiger partial charge in [0.1, 0.15) is 5.60 Å². The van der Waals surface area contributed by atoms with E-state index in [-0.39, 0.29) is 11.7 Å². The van der Waals surface area contributed by atoms with Crippen molar-refractivity contribution in [3.8, 4) is 0 Å². The van der Waals surface area contributed by atoms with Crippen LogP contribution in [0, 0.1) is 0 Å². The van der Waals surface area contributed by atoms with E-state index in [9.17, 15) is 4.79 Å². The van der Waals surface area contributed by atoms with Gasteiger partial charge >= 0.3 is 6.09 Å². The predicted octanol–water partition coefficient (Wildman–Crippen LogP) is 2.56. The third-order valence-electron chi connectivity index (χ3n) is 0.603. The molecule has 0 bridgehead atoms. The molecule has 0 aliphatic carbocycles. The highest BCUT2D eigenvalue weighted by molar-refractivity contribution is 5.67. The van der Waals surface area contributed by atoms with E-state index in [0.29, 0.717) is 0 Å². The van der Waals surface area contributed by atoms with Gasteiger partial charge in [0.2, 0.25) is 0 Å². The predicted molar refractivity (Wildman–Crippen MR) is 51.3 cm³/mol. The third-order valence-corrected chi connectivity index (χ3v) is 0.603. The van der Waals surface area contributed by atoms with Gasteiger partial charge in [0.25, 0.3) is 0 Å². The van der Waals surface area contributed by atoms with Crippen LogP contribution in [0.1, 0.15) is 41.0 Å². The molecule has 1 N–H and O–H groups in total. The molecule has 1 amide bonds. The standard InChI is InChI=1S/C6H13NO2.C3H8/c1-6(2,3)9-5(8)7-4;1-3-2/h1-4H3,(H,7,8);3H2,1-2H3. The average Bonchev–Trinajstić information content (AvgIpc) is 1.86. The van der Waals surface area contributed by atoms with E-state index in [1.807, 2.05) is 20.8 Å². The normalized spacial score (nSPS) is 9.50. The van der Waals surface area contributed by atoms with Gasteiger partial charge in [-0.1, -0.05) is 20.3 Å². The van der Waals surface area contributed by atoms with E-state index in [1.54, 1.807) is 0 Å². The molecule has 0 saturated heterocycles. The van der Waals surface area contributed by atoms with Crippen molar-refractivity contribution in [2.75, 3.05) is 7.05 Å². The largest absolute Gasteiger partial charge is 0.444 e. The molecule has 0 saturated carbocycles. The minimum Gasteiger partial charge on any atom is -0.444 e. The van der Waals surface area contributed by atoms with E-state index in [2.05, 4.69) is 19.2 Å². The number of nitrogens with one attached hydrogen (secondary N) is 1. The molecular formula is C9H21NO2. The van der Waals surface area contributed by atoms with E-state index < -0.39 is 0 Å². The molecule has 0 aromatic carbocycles. The molecule has 3 nitrogen and oxygen atoms in total. The van der Waals surface area contributed by atoms with E-state index >= 15 is 0 Å². The molecule has 0 aliphatic rings. The smallest absolute Gasteiger partial charge is 0.407 e. The van der Waals surface area contributed by atoms with Crippen LogP contribution in [-0.4, -0.2) is 18.7 Å². The van der Waals surface area contributed by atoms with E-state index in [1.165, 1.54) is 13.5 Å². The summed E-state index contributed by atoms with van der Waals surface area (Å²) in [5.74, 6) is 0. The number of carbonyl (C=O) groups is 1. The number of rotatable bonds is 0. The Morgan fingerprint density at radius 3 is 1.75 bits per heavy atom. The van der Waals surface area contributed by atoms with Crippen LogP contribution in [0.25, 0.3) is 0 Å². The molecule has 0 heterocycles. The first-order valence-corrected chi connectivity index (χ1v) is 4.28. The maximum atomic E-state index is 10.5. The summed E-state index contributed by atoms with van der Waals surface area (Å²) in [5.41, 5.74) is -0.389. The summed E-state index contributed by atoms with van der Waals surface area (Å²) in [6, 6.07) is 0. The van der Waals surface area contributed by atoms with Crippen molar-refractivity contribution in [3.63, 3.8) is 0 Å². The van der Waals surface area contributed by atoms with Gasteiger partial charge in [-0.25, -0.2) is 4.79 Å². The zero-order valence-electron chi connectivity index (χ0n) is 9.02. The van der Waals surface area contributed by atoms with Gasteiger partial charge in [-0.15, -0.1) is 0 Å². The molecule has 0 aromatic rings. The summed E-state index contributed by atoms with van der Waals surface area (Å²) in [5, 5.41) is 2.36. The minimum atomic E-state index is -0.389. The van der Waals surface area contributed by atoms with Crippen LogP contribution >= 0.6 is 0 Å². The average molecular weight is 175 g/mol. The second-order valence-corrected chi connectivity index (χ2v) is 3.46. The quantitative estimate of drug-likeness (QED) is 0.614. The summed E-state index contributed by atoms with van der Waals surface area (Å²) in [7, 11) is 1.54. The summed E-state index contributed by atoms with van der Waals surface area (Å²) in [6.45, 7) is 9.72. The van der Waals surface area contributed by atoms with Gasteiger partial charge in [0.15, 0.2) is 0 Å². The third kappa shape index (κ3) is 16.1. The molecule has 0 spiro atoms. The highest BCUT2D eigenvalue weighted by atomic mass is 16.6. The fourth-order valence-corrected chi connectivity index (χ4v) is 0.329. The zero-order chi connectivity index (χ0) is 10.2. The zero-order valence-corrected chi connectivity index (χ0v) is 9.02. The van der Waals surface area contributed by atoms with E-state index in [4.69, 9.17) is 4.74 Å². The van der Waals surface area contributed by atoms with Gasteiger partial charge in [-0.2, -0.15) is 0 Å². The van der Waals surface area contributed by atoms with Crippen molar-refractivity contribution < 1.29 is 9.53 Å². The summed E-state index contributed by atoms with van der Waals surface area (Å²) in [4.78, 5) is 10.5. The Labute approximate surface area is 75.5 Å². The first kappa shape index (κ1) is 13.8. The Balaban J connectivity index is 0. The van der Waals surface area contributed by atoms with Crippen molar-refractivity contribution in [1.29, 1.82) is 0 Å². The van der Waals surface area contributed by atoms with Crippen LogP contribution < -0.4 is 5.32 Å². The Bertz CT molecular complexity index is 116.